The van der Waals surface area contributed by atoms with Crippen LogP contribution in [0.1, 0.15) is 29.6 Å². The second-order valence-corrected chi connectivity index (χ2v) is 6.21. The van der Waals surface area contributed by atoms with Gasteiger partial charge in [0, 0.05) is 6.42 Å². The van der Waals surface area contributed by atoms with Crippen molar-refractivity contribution in [1.29, 1.82) is 5.26 Å². The molecule has 6 nitrogen and oxygen atoms in total. The van der Waals surface area contributed by atoms with Crippen LogP contribution in [-0.2, 0) is 9.84 Å². The summed E-state index contributed by atoms with van der Waals surface area (Å²) in [6.07, 6.45) is 1.17. The number of unbranched alkanes of at least 4 members (excludes halogenated alkanes) is 2. The second kappa shape index (κ2) is 6.91. The van der Waals surface area contributed by atoms with Crippen LogP contribution in [0.2, 0.25) is 0 Å². The highest BCUT2D eigenvalue weighted by atomic mass is 32.2. The molecule has 1 aromatic carbocycles. The largest absolute Gasteiger partial charge is 0.496 e. The standard InChI is InChI=1S/C13H15NO5S/c1-19-12-6-5-10(9-11(12)13(15)16)20(17,18)8-4-2-3-7-14/h5-6,9H,2-4,8H2,1H3,(H,15,16). The van der Waals surface area contributed by atoms with Crippen LogP contribution in [0.3, 0.4) is 0 Å². The number of hydrogen-bond acceptors (Lipinski definition) is 5. The Morgan fingerprint density at radius 3 is 2.65 bits per heavy atom. The summed E-state index contributed by atoms with van der Waals surface area (Å²) >= 11 is 0. The van der Waals surface area contributed by atoms with Gasteiger partial charge in [-0.25, -0.2) is 13.2 Å². The van der Waals surface area contributed by atoms with E-state index in [2.05, 4.69) is 0 Å². The van der Waals surface area contributed by atoms with Crippen molar-refractivity contribution in [1.82, 2.24) is 0 Å². The average molecular weight is 297 g/mol. The Hall–Kier alpha value is -2.07. The highest BCUT2D eigenvalue weighted by molar-refractivity contribution is 7.91. The maximum Gasteiger partial charge on any atom is 0.339 e. The van der Waals surface area contributed by atoms with Crippen molar-refractivity contribution in [3.63, 3.8) is 0 Å². The summed E-state index contributed by atoms with van der Waals surface area (Å²) in [6, 6.07) is 5.69. The molecule has 7 heteroatoms. The van der Waals surface area contributed by atoms with Crippen LogP contribution in [0.25, 0.3) is 0 Å². The number of sulfone groups is 1. The number of rotatable bonds is 7. The number of benzene rings is 1. The lowest BCUT2D eigenvalue weighted by atomic mass is 10.2. The highest BCUT2D eigenvalue weighted by Crippen LogP contribution is 2.23. The number of carboxylic acids is 1. The summed E-state index contributed by atoms with van der Waals surface area (Å²) in [5.41, 5.74) is -0.189. The molecule has 1 N–H and O–H groups in total. The van der Waals surface area contributed by atoms with E-state index in [1.165, 1.54) is 19.2 Å². The van der Waals surface area contributed by atoms with Gasteiger partial charge in [-0.3, -0.25) is 0 Å². The van der Waals surface area contributed by atoms with Crippen molar-refractivity contribution < 1.29 is 23.1 Å². The van der Waals surface area contributed by atoms with Crippen LogP contribution in [0.15, 0.2) is 23.1 Å². The molecule has 0 atom stereocenters. The van der Waals surface area contributed by atoms with Crippen molar-refractivity contribution in [3.8, 4) is 11.8 Å². The molecule has 0 aliphatic heterocycles. The van der Waals surface area contributed by atoms with E-state index in [1.54, 1.807) is 0 Å². The van der Waals surface area contributed by atoms with Gasteiger partial charge < -0.3 is 9.84 Å². The van der Waals surface area contributed by atoms with E-state index < -0.39 is 15.8 Å². The minimum atomic E-state index is -3.55. The van der Waals surface area contributed by atoms with Gasteiger partial charge in [-0.2, -0.15) is 5.26 Å². The van der Waals surface area contributed by atoms with Gasteiger partial charge in [-0.05, 0) is 31.0 Å². The minimum absolute atomic E-state index is 0.0485. The summed E-state index contributed by atoms with van der Waals surface area (Å²) in [5.74, 6) is -1.25. The topological polar surface area (TPSA) is 104 Å². The number of nitrogens with zero attached hydrogens (tertiary/aromatic N) is 1. The van der Waals surface area contributed by atoms with Crippen LogP contribution in [-0.4, -0.2) is 32.4 Å². The number of nitriles is 1. The molecule has 0 fully saturated rings. The van der Waals surface area contributed by atoms with Gasteiger partial charge in [0.25, 0.3) is 0 Å². The lowest BCUT2D eigenvalue weighted by Gasteiger charge is -2.08. The van der Waals surface area contributed by atoms with Crippen LogP contribution in [0.4, 0.5) is 0 Å². The highest BCUT2D eigenvalue weighted by Gasteiger charge is 2.19. The molecule has 0 amide bonds. The van der Waals surface area contributed by atoms with Crippen molar-refractivity contribution in [2.45, 2.75) is 24.2 Å². The number of carbonyl (C=O) groups is 1. The van der Waals surface area contributed by atoms with E-state index >= 15 is 0 Å². The van der Waals surface area contributed by atoms with E-state index in [0.717, 1.165) is 6.07 Å². The Labute approximate surface area is 117 Å². The molecule has 0 bridgehead atoms. The van der Waals surface area contributed by atoms with E-state index in [4.69, 9.17) is 15.1 Å². The van der Waals surface area contributed by atoms with E-state index in [0.29, 0.717) is 19.3 Å². The lowest BCUT2D eigenvalue weighted by molar-refractivity contribution is 0.0693. The van der Waals surface area contributed by atoms with E-state index in [1.807, 2.05) is 6.07 Å². The van der Waals surface area contributed by atoms with Gasteiger partial charge in [0.15, 0.2) is 9.84 Å². The normalized spacial score (nSPS) is 10.8. The number of aromatic carboxylic acids is 1. The second-order valence-electron chi connectivity index (χ2n) is 4.10. The maximum absolute atomic E-state index is 12.1. The first-order valence-corrected chi connectivity index (χ1v) is 7.58. The Balaban J connectivity index is 2.99. The SMILES string of the molecule is COc1ccc(S(=O)(=O)CCCCC#N)cc1C(=O)O. The first kappa shape index (κ1) is 16.0. The first-order valence-electron chi connectivity index (χ1n) is 5.93. The minimum Gasteiger partial charge on any atom is -0.496 e. The molecule has 108 valence electrons. The Morgan fingerprint density at radius 1 is 1.40 bits per heavy atom. The molecule has 0 saturated carbocycles. The molecular weight excluding hydrogens is 282 g/mol. The molecule has 0 aromatic heterocycles. The van der Waals surface area contributed by atoms with Crippen molar-refractivity contribution in [2.24, 2.45) is 0 Å². The Bertz CT molecular complexity index is 631. The van der Waals surface area contributed by atoms with Gasteiger partial charge in [0.05, 0.1) is 23.8 Å². The zero-order valence-corrected chi connectivity index (χ0v) is 11.8. The van der Waals surface area contributed by atoms with Gasteiger partial charge in [0.2, 0.25) is 0 Å². The Kier molecular flexibility index (Phi) is 5.53. The number of hydrogen-bond donors (Lipinski definition) is 1. The summed E-state index contributed by atoms with van der Waals surface area (Å²) in [7, 11) is -2.23. The van der Waals surface area contributed by atoms with E-state index in [-0.39, 0.29) is 22.0 Å². The van der Waals surface area contributed by atoms with E-state index in [9.17, 15) is 13.2 Å². The zero-order chi connectivity index (χ0) is 15.2. The van der Waals surface area contributed by atoms with Gasteiger partial charge >= 0.3 is 5.97 Å². The van der Waals surface area contributed by atoms with Crippen molar-refractivity contribution in [2.75, 3.05) is 12.9 Å². The molecular formula is C13H15NO5S. The Morgan fingerprint density at radius 2 is 2.10 bits per heavy atom. The fourth-order valence-corrected chi connectivity index (χ4v) is 3.05. The third-order valence-corrected chi connectivity index (χ3v) is 4.51. The van der Waals surface area contributed by atoms with Crippen molar-refractivity contribution >= 4 is 15.8 Å². The monoisotopic (exact) mass is 297 g/mol. The first-order chi connectivity index (χ1) is 9.42. The fourth-order valence-electron chi connectivity index (χ4n) is 1.66. The predicted molar refractivity (Wildman–Crippen MR) is 71.5 cm³/mol. The predicted octanol–water partition coefficient (Wildman–Crippen LogP) is 1.86. The number of methoxy groups -OCH3 is 1. The molecule has 1 aromatic rings. The lowest BCUT2D eigenvalue weighted by Crippen LogP contribution is -2.09. The van der Waals surface area contributed by atoms with Gasteiger partial charge in [-0.15, -0.1) is 0 Å². The summed E-state index contributed by atoms with van der Waals surface area (Å²) < 4.78 is 29.0. The third-order valence-electron chi connectivity index (χ3n) is 2.71. The van der Waals surface area contributed by atoms with Gasteiger partial charge in [0.1, 0.15) is 11.3 Å². The number of ether oxygens (including phenoxy) is 1. The molecule has 0 aliphatic rings. The summed E-state index contributed by atoms with van der Waals surface area (Å²) in [4.78, 5) is 11.0. The zero-order valence-electron chi connectivity index (χ0n) is 11.0. The molecule has 0 saturated heterocycles. The van der Waals surface area contributed by atoms with Crippen LogP contribution in [0, 0.1) is 11.3 Å². The average Bonchev–Trinajstić information content (AvgIpc) is 2.42. The molecule has 20 heavy (non-hydrogen) atoms. The molecule has 0 unspecified atom stereocenters. The summed E-state index contributed by atoms with van der Waals surface area (Å²) in [6.45, 7) is 0. The van der Waals surface area contributed by atoms with Crippen LogP contribution >= 0.6 is 0 Å². The van der Waals surface area contributed by atoms with Crippen LogP contribution in [0.5, 0.6) is 5.75 Å². The smallest absolute Gasteiger partial charge is 0.339 e. The third kappa shape index (κ3) is 3.96. The fraction of sp³-hybridized carbons (Fsp3) is 0.385. The molecule has 0 radical (unpaired) electrons. The molecule has 0 spiro atoms. The summed E-state index contributed by atoms with van der Waals surface area (Å²) in [5, 5.41) is 17.4. The number of carboxylic acid groups (broad SMARTS) is 1. The quantitative estimate of drug-likeness (QED) is 0.770. The van der Waals surface area contributed by atoms with Crippen LogP contribution < -0.4 is 4.74 Å². The molecule has 0 heterocycles. The van der Waals surface area contributed by atoms with Gasteiger partial charge in [-0.1, -0.05) is 0 Å². The molecule has 0 aliphatic carbocycles. The molecule has 1 rings (SSSR count). The van der Waals surface area contributed by atoms with Crippen molar-refractivity contribution in [3.05, 3.63) is 23.8 Å². The maximum atomic E-state index is 12.1.